The van der Waals surface area contributed by atoms with Crippen molar-refractivity contribution in [3.05, 3.63) is 41.1 Å². The highest BCUT2D eigenvalue weighted by molar-refractivity contribution is 7.88. The Morgan fingerprint density at radius 3 is 2.38 bits per heavy atom. The summed E-state index contributed by atoms with van der Waals surface area (Å²) in [6.07, 6.45) is 1.22. The van der Waals surface area contributed by atoms with Gasteiger partial charge in [-0.2, -0.15) is 4.39 Å². The van der Waals surface area contributed by atoms with Crippen molar-refractivity contribution in [3.8, 4) is 0 Å². The minimum Gasteiger partial charge on any atom is -0.247 e. The van der Waals surface area contributed by atoms with E-state index in [0.29, 0.717) is 4.90 Å². The first-order valence-corrected chi connectivity index (χ1v) is 5.10. The molecular formula is C10H11FOS. The maximum atomic E-state index is 12.9. The number of aryl methyl sites for hydroxylation is 1. The van der Waals surface area contributed by atoms with Gasteiger partial charge in [-0.15, -0.1) is 0 Å². The monoisotopic (exact) mass is 198 g/mol. The lowest BCUT2D eigenvalue weighted by Crippen LogP contribution is -1.91. The van der Waals surface area contributed by atoms with Crippen molar-refractivity contribution < 1.29 is 8.60 Å². The zero-order valence-corrected chi connectivity index (χ0v) is 8.40. The van der Waals surface area contributed by atoms with Crippen molar-refractivity contribution in [2.75, 3.05) is 0 Å². The molecule has 0 saturated carbocycles. The molecule has 0 aromatic heterocycles. The number of hydrogen-bond donors (Lipinski definition) is 0. The molecule has 0 amide bonds. The van der Waals surface area contributed by atoms with Crippen molar-refractivity contribution in [3.63, 3.8) is 0 Å². The smallest absolute Gasteiger partial charge is 0.187 e. The molecule has 0 heterocycles. The van der Waals surface area contributed by atoms with E-state index >= 15 is 0 Å². The Hall–Kier alpha value is -0.960. The summed E-state index contributed by atoms with van der Waals surface area (Å²) in [6, 6.07) is 6.98. The minimum absolute atomic E-state index is 0.501. The van der Waals surface area contributed by atoms with Gasteiger partial charge in [-0.05, 0) is 32.1 Å². The summed E-state index contributed by atoms with van der Waals surface area (Å²) in [5, 5.41) is -0.594. The van der Waals surface area contributed by atoms with Crippen LogP contribution in [0.3, 0.4) is 0 Å². The fraction of sp³-hybridized carbons (Fsp3) is 0.200. The van der Waals surface area contributed by atoms with Gasteiger partial charge >= 0.3 is 0 Å². The average molecular weight is 198 g/mol. The maximum Gasteiger partial charge on any atom is 0.187 e. The lowest BCUT2D eigenvalue weighted by molar-refractivity contribution is 0.649. The highest BCUT2D eigenvalue weighted by atomic mass is 32.2. The zero-order chi connectivity index (χ0) is 9.84. The SMILES string of the molecule is CC=C(F)S(=O)c1ccc(C)cc1. The first-order chi connectivity index (χ1) is 6.15. The number of benzene rings is 1. The van der Waals surface area contributed by atoms with E-state index in [1.807, 2.05) is 19.1 Å². The van der Waals surface area contributed by atoms with Gasteiger partial charge in [0.25, 0.3) is 0 Å². The van der Waals surface area contributed by atoms with Crippen LogP contribution in [0.2, 0.25) is 0 Å². The molecule has 0 aliphatic carbocycles. The largest absolute Gasteiger partial charge is 0.247 e. The van der Waals surface area contributed by atoms with Gasteiger partial charge in [-0.25, -0.2) is 4.21 Å². The summed E-state index contributed by atoms with van der Waals surface area (Å²) >= 11 is 0. The molecule has 0 radical (unpaired) electrons. The standard InChI is InChI=1S/C10H11FOS/c1-3-10(11)13(12)9-6-4-8(2)5-7-9/h3-7H,1-2H3. The first kappa shape index (κ1) is 10.1. The molecule has 70 valence electrons. The summed E-state index contributed by atoms with van der Waals surface area (Å²) in [6.45, 7) is 3.46. The zero-order valence-electron chi connectivity index (χ0n) is 7.58. The van der Waals surface area contributed by atoms with E-state index in [0.717, 1.165) is 5.56 Å². The third-order valence-corrected chi connectivity index (χ3v) is 2.93. The van der Waals surface area contributed by atoms with Gasteiger partial charge in [0.1, 0.15) is 10.8 Å². The Balaban J connectivity index is 2.97. The predicted octanol–water partition coefficient (Wildman–Crippen LogP) is 2.93. The van der Waals surface area contributed by atoms with Gasteiger partial charge < -0.3 is 0 Å². The van der Waals surface area contributed by atoms with Crippen LogP contribution in [0.4, 0.5) is 4.39 Å². The molecule has 0 bridgehead atoms. The normalized spacial score (nSPS) is 14.2. The van der Waals surface area contributed by atoms with E-state index in [4.69, 9.17) is 0 Å². The van der Waals surface area contributed by atoms with Crippen LogP contribution < -0.4 is 0 Å². The first-order valence-electron chi connectivity index (χ1n) is 3.95. The molecule has 0 aliphatic heterocycles. The summed E-state index contributed by atoms with van der Waals surface area (Å²) in [5.41, 5.74) is 1.07. The lowest BCUT2D eigenvalue weighted by Gasteiger charge is -1.98. The highest BCUT2D eigenvalue weighted by Crippen LogP contribution is 2.15. The molecule has 0 fully saturated rings. The van der Waals surface area contributed by atoms with Crippen LogP contribution in [0, 0.1) is 6.92 Å². The molecule has 0 spiro atoms. The van der Waals surface area contributed by atoms with Crippen LogP contribution in [0.1, 0.15) is 12.5 Å². The quantitative estimate of drug-likeness (QED) is 0.714. The summed E-state index contributed by atoms with van der Waals surface area (Å²) < 4.78 is 24.2. The molecule has 1 nitrogen and oxygen atoms in total. The third kappa shape index (κ3) is 2.49. The van der Waals surface area contributed by atoms with Crippen molar-refractivity contribution in [2.45, 2.75) is 18.7 Å². The molecule has 1 atom stereocenters. The van der Waals surface area contributed by atoms with Crippen LogP contribution in [-0.4, -0.2) is 4.21 Å². The molecule has 0 saturated heterocycles. The van der Waals surface area contributed by atoms with E-state index < -0.39 is 16.0 Å². The van der Waals surface area contributed by atoms with Crippen LogP contribution in [0.15, 0.2) is 40.4 Å². The fourth-order valence-electron chi connectivity index (χ4n) is 0.881. The van der Waals surface area contributed by atoms with Gasteiger partial charge in [0.2, 0.25) is 0 Å². The number of halogens is 1. The van der Waals surface area contributed by atoms with Crippen molar-refractivity contribution in [1.82, 2.24) is 0 Å². The van der Waals surface area contributed by atoms with Gasteiger partial charge in [0.05, 0.1) is 0 Å². The van der Waals surface area contributed by atoms with Crippen molar-refractivity contribution in [2.24, 2.45) is 0 Å². The second-order valence-electron chi connectivity index (χ2n) is 2.67. The number of rotatable bonds is 2. The molecule has 1 rings (SSSR count). The molecule has 1 aromatic rings. The van der Waals surface area contributed by atoms with Crippen LogP contribution >= 0.6 is 0 Å². The van der Waals surface area contributed by atoms with Crippen molar-refractivity contribution >= 4 is 10.8 Å². The van der Waals surface area contributed by atoms with Gasteiger partial charge in [-0.3, -0.25) is 0 Å². The van der Waals surface area contributed by atoms with E-state index in [1.54, 1.807) is 12.1 Å². The summed E-state index contributed by atoms with van der Waals surface area (Å²) in [7, 11) is -1.64. The Morgan fingerprint density at radius 2 is 1.92 bits per heavy atom. The maximum absolute atomic E-state index is 12.9. The van der Waals surface area contributed by atoms with Gasteiger partial charge in [0, 0.05) is 4.90 Å². The predicted molar refractivity (Wildman–Crippen MR) is 52.5 cm³/mol. The lowest BCUT2D eigenvalue weighted by atomic mass is 10.2. The second-order valence-corrected chi connectivity index (χ2v) is 4.07. The Bertz CT molecular complexity index is 340. The molecular weight excluding hydrogens is 187 g/mol. The summed E-state index contributed by atoms with van der Waals surface area (Å²) in [4.78, 5) is 0.501. The Morgan fingerprint density at radius 1 is 1.38 bits per heavy atom. The fourth-order valence-corrected chi connectivity index (χ4v) is 1.70. The molecule has 13 heavy (non-hydrogen) atoms. The number of allylic oxidation sites excluding steroid dienone is 1. The Kier molecular flexibility index (Phi) is 3.37. The molecule has 3 heteroatoms. The molecule has 0 aliphatic rings. The van der Waals surface area contributed by atoms with E-state index in [1.165, 1.54) is 13.0 Å². The highest BCUT2D eigenvalue weighted by Gasteiger charge is 2.07. The second kappa shape index (κ2) is 4.33. The van der Waals surface area contributed by atoms with Gasteiger partial charge in [-0.1, -0.05) is 17.7 Å². The molecule has 0 N–H and O–H groups in total. The van der Waals surface area contributed by atoms with Crippen molar-refractivity contribution in [1.29, 1.82) is 0 Å². The number of hydrogen-bond acceptors (Lipinski definition) is 1. The van der Waals surface area contributed by atoms with Crippen LogP contribution in [0.25, 0.3) is 0 Å². The van der Waals surface area contributed by atoms with E-state index in [2.05, 4.69) is 0 Å². The summed E-state index contributed by atoms with van der Waals surface area (Å²) in [5.74, 6) is 0. The average Bonchev–Trinajstić information content (AvgIpc) is 2.17. The molecule has 1 unspecified atom stereocenters. The van der Waals surface area contributed by atoms with E-state index in [9.17, 15) is 8.60 Å². The van der Waals surface area contributed by atoms with Crippen LogP contribution in [0.5, 0.6) is 0 Å². The third-order valence-electron chi connectivity index (χ3n) is 1.64. The molecule has 1 aromatic carbocycles. The topological polar surface area (TPSA) is 17.1 Å². The minimum atomic E-state index is -1.64. The van der Waals surface area contributed by atoms with Gasteiger partial charge in [0.15, 0.2) is 5.16 Å². The van der Waals surface area contributed by atoms with E-state index in [-0.39, 0.29) is 0 Å². The Labute approximate surface area is 79.7 Å². The van der Waals surface area contributed by atoms with Crippen LogP contribution in [-0.2, 0) is 10.8 Å².